The molecule has 0 bridgehead atoms. The molecule has 1 aromatic rings. The zero-order chi connectivity index (χ0) is 12.8. The Hall–Kier alpha value is -1.26. The Balaban J connectivity index is 2.45. The molecule has 1 aromatic carbocycles. The number of urea groups is 1. The summed E-state index contributed by atoms with van der Waals surface area (Å²) < 4.78 is 0. The smallest absolute Gasteiger partial charge is 0.324 e. The predicted octanol–water partition coefficient (Wildman–Crippen LogP) is 2.36. The van der Waals surface area contributed by atoms with Crippen molar-refractivity contribution in [3.63, 3.8) is 0 Å². The number of rotatable bonds is 1. The van der Waals surface area contributed by atoms with Crippen molar-refractivity contribution in [3.8, 4) is 0 Å². The first-order chi connectivity index (χ1) is 7.75. The summed E-state index contributed by atoms with van der Waals surface area (Å²) in [6, 6.07) is 6.47. The lowest BCUT2D eigenvalue weighted by molar-refractivity contribution is 0.0132. The first kappa shape index (κ1) is 12.2. The number of carbonyl (C=O) groups excluding carboxylic acids is 1. The molecular formula is C12H15ClN2O2. The fourth-order valence-electron chi connectivity index (χ4n) is 1.88. The van der Waals surface area contributed by atoms with Crippen LogP contribution in [0.15, 0.2) is 24.3 Å². The summed E-state index contributed by atoms with van der Waals surface area (Å²) in [6.07, 6.45) is 0. The summed E-state index contributed by atoms with van der Waals surface area (Å²) in [5.74, 6) is 0. The van der Waals surface area contributed by atoms with Gasteiger partial charge in [0.25, 0.3) is 0 Å². The van der Waals surface area contributed by atoms with Crippen molar-refractivity contribution in [2.24, 2.45) is 0 Å². The molecule has 2 rings (SSSR count). The van der Waals surface area contributed by atoms with Crippen molar-refractivity contribution in [1.29, 1.82) is 0 Å². The van der Waals surface area contributed by atoms with E-state index in [9.17, 15) is 9.90 Å². The molecule has 0 aromatic heterocycles. The summed E-state index contributed by atoms with van der Waals surface area (Å²) in [7, 11) is 0. The lowest BCUT2D eigenvalue weighted by Gasteiger charge is -2.36. The Morgan fingerprint density at radius 3 is 2.18 bits per heavy atom. The van der Waals surface area contributed by atoms with E-state index in [1.54, 1.807) is 45.0 Å². The van der Waals surface area contributed by atoms with Crippen LogP contribution < -0.4 is 10.2 Å². The van der Waals surface area contributed by atoms with Gasteiger partial charge >= 0.3 is 6.03 Å². The van der Waals surface area contributed by atoms with E-state index in [2.05, 4.69) is 5.32 Å². The Bertz CT molecular complexity index is 454. The van der Waals surface area contributed by atoms with Crippen LogP contribution in [0.2, 0.25) is 5.02 Å². The van der Waals surface area contributed by atoms with Gasteiger partial charge in [-0.2, -0.15) is 0 Å². The van der Waals surface area contributed by atoms with Gasteiger partial charge in [0.1, 0.15) is 0 Å². The molecule has 1 atom stereocenters. The lowest BCUT2D eigenvalue weighted by Crippen LogP contribution is -2.55. The first-order valence-corrected chi connectivity index (χ1v) is 5.74. The van der Waals surface area contributed by atoms with Crippen molar-refractivity contribution < 1.29 is 9.90 Å². The third-order valence-corrected chi connectivity index (χ3v) is 3.58. The van der Waals surface area contributed by atoms with E-state index in [1.807, 2.05) is 0 Å². The fourth-order valence-corrected chi connectivity index (χ4v) is 2.00. The highest BCUT2D eigenvalue weighted by Gasteiger charge is 2.54. The number of nitrogens with zero attached hydrogens (tertiary/aromatic N) is 1. The van der Waals surface area contributed by atoms with E-state index < -0.39 is 11.3 Å². The van der Waals surface area contributed by atoms with Gasteiger partial charge in [0.2, 0.25) is 0 Å². The van der Waals surface area contributed by atoms with Crippen LogP contribution in [0, 0.1) is 0 Å². The van der Waals surface area contributed by atoms with E-state index in [-0.39, 0.29) is 6.03 Å². The van der Waals surface area contributed by atoms with Gasteiger partial charge in [-0.05, 0) is 45.0 Å². The zero-order valence-corrected chi connectivity index (χ0v) is 10.7. The minimum Gasteiger partial charge on any atom is -0.368 e. The van der Waals surface area contributed by atoms with Crippen LogP contribution in [0.4, 0.5) is 10.5 Å². The Morgan fingerprint density at radius 2 is 1.76 bits per heavy atom. The van der Waals surface area contributed by atoms with Crippen molar-refractivity contribution >= 4 is 23.3 Å². The average Bonchev–Trinajstić information content (AvgIpc) is 2.34. The highest BCUT2D eigenvalue weighted by molar-refractivity contribution is 6.30. The minimum absolute atomic E-state index is 0.317. The third-order valence-electron chi connectivity index (χ3n) is 3.33. The fraction of sp³-hybridized carbons (Fsp3) is 0.417. The second-order valence-electron chi connectivity index (χ2n) is 4.89. The standard InChI is InChI=1S/C12H15ClN2O2/c1-11(2)12(3,17)15(10(16)14-11)9-6-4-8(13)5-7-9/h4-7,17H,1-3H3,(H,14,16). The summed E-state index contributed by atoms with van der Waals surface area (Å²) in [5, 5.41) is 13.8. The Kier molecular flexibility index (Phi) is 2.60. The monoisotopic (exact) mass is 254 g/mol. The number of aliphatic hydroxyl groups is 1. The van der Waals surface area contributed by atoms with Gasteiger partial charge in [-0.15, -0.1) is 0 Å². The van der Waals surface area contributed by atoms with Crippen LogP contribution in [0.1, 0.15) is 20.8 Å². The maximum absolute atomic E-state index is 11.9. The largest absolute Gasteiger partial charge is 0.368 e. The molecule has 0 aliphatic carbocycles. The molecule has 2 amide bonds. The number of benzene rings is 1. The predicted molar refractivity (Wildman–Crippen MR) is 67.2 cm³/mol. The number of hydrogen-bond acceptors (Lipinski definition) is 2. The second kappa shape index (κ2) is 3.62. The molecular weight excluding hydrogens is 240 g/mol. The number of nitrogens with one attached hydrogen (secondary N) is 1. The second-order valence-corrected chi connectivity index (χ2v) is 5.32. The van der Waals surface area contributed by atoms with Crippen LogP contribution in [0.3, 0.4) is 0 Å². The number of amides is 2. The normalized spacial score (nSPS) is 27.1. The maximum Gasteiger partial charge on any atom is 0.324 e. The third kappa shape index (κ3) is 1.77. The molecule has 92 valence electrons. The number of carbonyl (C=O) groups is 1. The Morgan fingerprint density at radius 1 is 1.24 bits per heavy atom. The molecule has 0 saturated carbocycles. The molecule has 2 N–H and O–H groups in total. The van der Waals surface area contributed by atoms with E-state index in [1.165, 1.54) is 4.90 Å². The molecule has 1 heterocycles. The maximum atomic E-state index is 11.9. The molecule has 1 aliphatic heterocycles. The summed E-state index contributed by atoms with van der Waals surface area (Å²) in [6.45, 7) is 5.17. The molecule has 0 spiro atoms. The molecule has 1 fully saturated rings. The van der Waals surface area contributed by atoms with Crippen molar-refractivity contribution in [2.45, 2.75) is 32.0 Å². The summed E-state index contributed by atoms with van der Waals surface area (Å²) in [5.41, 5.74) is -1.40. The van der Waals surface area contributed by atoms with Gasteiger partial charge in [-0.25, -0.2) is 4.79 Å². The van der Waals surface area contributed by atoms with E-state index in [0.717, 1.165) is 0 Å². The first-order valence-electron chi connectivity index (χ1n) is 5.36. The molecule has 1 saturated heterocycles. The van der Waals surface area contributed by atoms with Crippen LogP contribution in [0.25, 0.3) is 0 Å². The van der Waals surface area contributed by atoms with Crippen molar-refractivity contribution in [1.82, 2.24) is 5.32 Å². The molecule has 4 nitrogen and oxygen atoms in total. The molecule has 0 radical (unpaired) electrons. The van der Waals surface area contributed by atoms with Gasteiger partial charge in [-0.1, -0.05) is 11.6 Å². The minimum atomic E-state index is -1.29. The van der Waals surface area contributed by atoms with E-state index in [4.69, 9.17) is 11.6 Å². The van der Waals surface area contributed by atoms with Crippen LogP contribution in [-0.2, 0) is 0 Å². The lowest BCUT2D eigenvalue weighted by atomic mass is 9.93. The van der Waals surface area contributed by atoms with Crippen LogP contribution >= 0.6 is 11.6 Å². The Labute approximate surface area is 105 Å². The van der Waals surface area contributed by atoms with Gasteiger partial charge in [-0.3, -0.25) is 4.90 Å². The number of halogens is 1. The number of anilines is 1. The zero-order valence-electron chi connectivity index (χ0n) is 9.99. The van der Waals surface area contributed by atoms with Crippen LogP contribution in [0.5, 0.6) is 0 Å². The number of hydrogen-bond donors (Lipinski definition) is 2. The van der Waals surface area contributed by atoms with Gasteiger partial charge < -0.3 is 10.4 Å². The molecule has 17 heavy (non-hydrogen) atoms. The SMILES string of the molecule is CC1(C)NC(=O)N(c2ccc(Cl)cc2)C1(C)O. The van der Waals surface area contributed by atoms with Gasteiger partial charge in [0, 0.05) is 10.7 Å². The van der Waals surface area contributed by atoms with E-state index in [0.29, 0.717) is 10.7 Å². The topological polar surface area (TPSA) is 52.6 Å². The van der Waals surface area contributed by atoms with Crippen LogP contribution in [-0.4, -0.2) is 22.4 Å². The average molecular weight is 255 g/mol. The van der Waals surface area contributed by atoms with Crippen molar-refractivity contribution in [2.75, 3.05) is 4.90 Å². The molecule has 1 aliphatic rings. The molecule has 5 heteroatoms. The quantitative estimate of drug-likeness (QED) is 0.808. The highest BCUT2D eigenvalue weighted by Crippen LogP contribution is 2.36. The highest BCUT2D eigenvalue weighted by atomic mass is 35.5. The van der Waals surface area contributed by atoms with E-state index >= 15 is 0 Å². The van der Waals surface area contributed by atoms with Crippen molar-refractivity contribution in [3.05, 3.63) is 29.3 Å². The molecule has 1 unspecified atom stereocenters. The summed E-state index contributed by atoms with van der Waals surface area (Å²) >= 11 is 5.80. The van der Waals surface area contributed by atoms with Gasteiger partial charge in [0.05, 0.1) is 5.54 Å². The van der Waals surface area contributed by atoms with Gasteiger partial charge in [0.15, 0.2) is 5.72 Å². The summed E-state index contributed by atoms with van der Waals surface area (Å²) in [4.78, 5) is 13.2.